The van der Waals surface area contributed by atoms with E-state index in [1.54, 1.807) is 27.8 Å². The van der Waals surface area contributed by atoms with Gasteiger partial charge in [-0.05, 0) is 51.0 Å². The molecule has 7 rings (SSSR count). The van der Waals surface area contributed by atoms with Gasteiger partial charge in [-0.3, -0.25) is 14.3 Å². The minimum Gasteiger partial charge on any atom is -0.351 e. The summed E-state index contributed by atoms with van der Waals surface area (Å²) in [6, 6.07) is 0.756. The van der Waals surface area contributed by atoms with Crippen LogP contribution in [0, 0.1) is 0 Å². The number of sulfonamides is 1. The average Bonchev–Trinajstić information content (AvgIpc) is 3.59. The number of aromatic nitrogens is 4. The fraction of sp³-hybridized carbons (Fsp3) is 0.625. The van der Waals surface area contributed by atoms with E-state index >= 15 is 0 Å². The monoisotopic (exact) mass is 547 g/mol. The highest BCUT2D eigenvalue weighted by Gasteiger charge is 2.74. The van der Waals surface area contributed by atoms with Crippen LogP contribution in [0.3, 0.4) is 0 Å². The van der Waals surface area contributed by atoms with Crippen LogP contribution in [0.2, 0.25) is 0 Å². The molecule has 5 fully saturated rings. The summed E-state index contributed by atoms with van der Waals surface area (Å²) < 4.78 is 28.7. The molecule has 1 aliphatic heterocycles. The van der Waals surface area contributed by atoms with E-state index in [9.17, 15) is 18.0 Å². The van der Waals surface area contributed by atoms with Crippen molar-refractivity contribution >= 4 is 33.4 Å². The quantitative estimate of drug-likeness (QED) is 0.466. The number of nitrogens with one attached hydrogen (secondary N) is 1. The van der Waals surface area contributed by atoms with Gasteiger partial charge in [-0.2, -0.15) is 5.10 Å². The zero-order valence-corrected chi connectivity index (χ0v) is 21.9. The molecule has 3 heterocycles. The van der Waals surface area contributed by atoms with Crippen molar-refractivity contribution in [2.75, 3.05) is 19.0 Å². The number of hydrogen-bond donors (Lipinski definition) is 1. The summed E-state index contributed by atoms with van der Waals surface area (Å²) in [6.07, 6.45) is 12.8. The van der Waals surface area contributed by atoms with Crippen LogP contribution in [0.5, 0.6) is 0 Å². The lowest BCUT2D eigenvalue weighted by molar-refractivity contribution is -0.222. The van der Waals surface area contributed by atoms with Gasteiger partial charge in [-0.15, -0.1) is 11.6 Å². The van der Waals surface area contributed by atoms with Crippen molar-refractivity contribution in [3.8, 4) is 0 Å². The summed E-state index contributed by atoms with van der Waals surface area (Å²) in [5, 5.41) is 7.25. The Kier molecular flexibility index (Phi) is 6.03. The molecule has 11 nitrogen and oxygen atoms in total. The van der Waals surface area contributed by atoms with Crippen molar-refractivity contribution in [3.63, 3.8) is 0 Å². The predicted molar refractivity (Wildman–Crippen MR) is 134 cm³/mol. The molecule has 0 radical (unpaired) electrons. The summed E-state index contributed by atoms with van der Waals surface area (Å²) >= 11 is 6.07. The molecule has 0 spiro atoms. The summed E-state index contributed by atoms with van der Waals surface area (Å²) in [5.74, 6) is -0.884. The van der Waals surface area contributed by atoms with E-state index in [1.165, 1.54) is 6.33 Å². The molecule has 13 heteroatoms. The van der Waals surface area contributed by atoms with Crippen LogP contribution < -0.4 is 5.32 Å². The molecule has 2 amide bonds. The Labute approximate surface area is 220 Å². The van der Waals surface area contributed by atoms with Crippen LogP contribution in [-0.2, 0) is 25.2 Å². The Hall–Kier alpha value is -2.57. The Bertz CT molecular complexity index is 1260. The van der Waals surface area contributed by atoms with Gasteiger partial charge in [0, 0.05) is 49.5 Å². The topological polar surface area (TPSA) is 130 Å². The maximum absolute atomic E-state index is 13.8. The fourth-order valence-electron chi connectivity index (χ4n) is 6.46. The predicted octanol–water partition coefficient (Wildman–Crippen LogP) is 1.19. The zero-order valence-electron chi connectivity index (χ0n) is 20.4. The van der Waals surface area contributed by atoms with E-state index in [1.807, 2.05) is 16.9 Å². The second-order valence-electron chi connectivity index (χ2n) is 10.8. The number of amides is 2. The second kappa shape index (κ2) is 9.02. The minimum absolute atomic E-state index is 0.136. The largest absolute Gasteiger partial charge is 0.351 e. The van der Waals surface area contributed by atoms with Gasteiger partial charge in [0.1, 0.15) is 18.2 Å². The lowest BCUT2D eigenvalue weighted by Crippen LogP contribution is -2.80. The fourth-order valence-corrected chi connectivity index (χ4v) is 8.46. The van der Waals surface area contributed by atoms with Crippen LogP contribution in [0.4, 0.5) is 0 Å². The van der Waals surface area contributed by atoms with Crippen molar-refractivity contribution in [1.29, 1.82) is 0 Å². The third-order valence-electron chi connectivity index (χ3n) is 8.37. The summed E-state index contributed by atoms with van der Waals surface area (Å²) in [7, 11) is -3.23. The van der Waals surface area contributed by atoms with Crippen molar-refractivity contribution in [1.82, 2.24) is 34.3 Å². The number of alkyl halides is 1. The van der Waals surface area contributed by atoms with Gasteiger partial charge < -0.3 is 10.2 Å². The number of halogens is 1. The van der Waals surface area contributed by atoms with E-state index in [0.717, 1.165) is 12.8 Å². The average molecular weight is 548 g/mol. The molecule has 1 saturated heterocycles. The van der Waals surface area contributed by atoms with Crippen molar-refractivity contribution in [3.05, 3.63) is 42.7 Å². The highest BCUT2D eigenvalue weighted by molar-refractivity contribution is 7.90. The molecule has 5 aliphatic rings. The number of carbonyl (C=O) groups is 2. The van der Waals surface area contributed by atoms with E-state index in [0.29, 0.717) is 50.8 Å². The first-order valence-corrected chi connectivity index (χ1v) is 14.7. The van der Waals surface area contributed by atoms with Gasteiger partial charge in [-0.25, -0.2) is 22.7 Å². The highest BCUT2D eigenvalue weighted by atomic mass is 35.5. The number of hydrogen-bond acceptors (Lipinski definition) is 7. The number of carbonyl (C=O) groups excluding carboxylic acids is 2. The first-order valence-electron chi connectivity index (χ1n) is 12.7. The van der Waals surface area contributed by atoms with Gasteiger partial charge in [0.2, 0.25) is 21.8 Å². The normalized spacial score (nSPS) is 28.6. The maximum Gasteiger partial charge on any atom is 0.247 e. The Morgan fingerprint density at radius 3 is 2.38 bits per heavy atom. The summed E-state index contributed by atoms with van der Waals surface area (Å²) in [5.41, 5.74) is -0.106. The van der Waals surface area contributed by atoms with Gasteiger partial charge in [-0.1, -0.05) is 0 Å². The van der Waals surface area contributed by atoms with Gasteiger partial charge in [0.25, 0.3) is 0 Å². The third-order valence-corrected chi connectivity index (χ3v) is 11.0. The third kappa shape index (κ3) is 4.13. The first kappa shape index (κ1) is 24.7. The van der Waals surface area contributed by atoms with Crippen LogP contribution in [0.25, 0.3) is 0 Å². The molecule has 1 N–H and O–H groups in total. The van der Waals surface area contributed by atoms with E-state index in [4.69, 9.17) is 11.6 Å². The van der Waals surface area contributed by atoms with Crippen LogP contribution in [-0.4, -0.2) is 85.0 Å². The molecule has 0 aromatic carbocycles. The molecule has 2 aromatic rings. The lowest BCUT2D eigenvalue weighted by Gasteiger charge is -2.73. The van der Waals surface area contributed by atoms with Crippen LogP contribution >= 0.6 is 11.6 Å². The molecule has 198 valence electrons. The van der Waals surface area contributed by atoms with Crippen molar-refractivity contribution < 1.29 is 18.0 Å². The second-order valence-corrected chi connectivity index (χ2v) is 13.3. The molecular formula is C24H30ClN7O4S. The molecule has 2 aromatic heterocycles. The van der Waals surface area contributed by atoms with Crippen molar-refractivity contribution in [2.45, 2.75) is 73.4 Å². The number of nitrogens with zero attached hydrogens (tertiary/aromatic N) is 6. The van der Waals surface area contributed by atoms with Gasteiger partial charge in [0.05, 0.1) is 16.3 Å². The molecule has 1 unspecified atom stereocenters. The van der Waals surface area contributed by atoms with E-state index in [-0.39, 0.29) is 34.5 Å². The maximum atomic E-state index is 13.8. The van der Waals surface area contributed by atoms with Crippen LogP contribution in [0.1, 0.15) is 56.6 Å². The molecule has 2 bridgehead atoms. The van der Waals surface area contributed by atoms with E-state index in [2.05, 4.69) is 20.4 Å². The van der Waals surface area contributed by atoms with Gasteiger partial charge >= 0.3 is 0 Å². The lowest BCUT2D eigenvalue weighted by atomic mass is 9.43. The molecule has 4 saturated carbocycles. The van der Waals surface area contributed by atoms with Gasteiger partial charge in [0.15, 0.2) is 0 Å². The summed E-state index contributed by atoms with van der Waals surface area (Å²) in [6.45, 7) is 0.757. The molecule has 4 aliphatic carbocycles. The Morgan fingerprint density at radius 1 is 1.14 bits per heavy atom. The first-order chi connectivity index (χ1) is 17.8. The standard InChI is InChI=1S/C24H30ClN7O4S/c25-10-20(33)32(24-13-23(14-24,15-24)31-7-1-6-28-31)21(17-11-26-16-27-12-17)22(34)29-18-4-8-30(9-5-18)37(35,36)19-2-3-19/h1,6-7,11-12,16,18-19,21H,2-5,8-10,13-15H2,(H,29,34). The smallest absolute Gasteiger partial charge is 0.247 e. The molecule has 37 heavy (non-hydrogen) atoms. The highest BCUT2D eigenvalue weighted by Crippen LogP contribution is 2.69. The zero-order chi connectivity index (χ0) is 25.8. The summed E-state index contributed by atoms with van der Waals surface area (Å²) in [4.78, 5) is 37.0. The molecule has 1 atom stereocenters. The number of rotatable bonds is 9. The SMILES string of the molecule is O=C(NC1CCN(S(=O)(=O)C2CC2)CC1)C(c1cncnc1)N(C(=O)CCl)C12CC(n3cccn3)(C1)C2. The Balaban J connectivity index is 1.21. The van der Waals surface area contributed by atoms with Crippen molar-refractivity contribution in [2.24, 2.45) is 0 Å². The minimum atomic E-state index is -3.23. The Morgan fingerprint density at radius 2 is 1.81 bits per heavy atom. The molecular weight excluding hydrogens is 518 g/mol. The number of piperidine rings is 1. The van der Waals surface area contributed by atoms with E-state index < -0.39 is 21.6 Å². The van der Waals surface area contributed by atoms with Crippen LogP contribution in [0.15, 0.2) is 37.2 Å².